The number of benzene rings is 2. The Hall–Kier alpha value is -3.88. The zero-order chi connectivity index (χ0) is 28.2. The van der Waals surface area contributed by atoms with E-state index < -0.39 is 23.1 Å². The molecule has 0 radical (unpaired) electrons. The molecule has 3 N–H and O–H groups in total. The summed E-state index contributed by atoms with van der Waals surface area (Å²) in [6, 6.07) is 13.0. The van der Waals surface area contributed by atoms with E-state index in [9.17, 15) is 23.1 Å². The molecule has 2 heterocycles. The predicted molar refractivity (Wildman–Crippen MR) is 143 cm³/mol. The van der Waals surface area contributed by atoms with Crippen LogP contribution in [0, 0.1) is 5.41 Å². The number of aromatic nitrogens is 3. The number of nitrogen functional groups attached to an aromatic ring is 1. The van der Waals surface area contributed by atoms with Gasteiger partial charge in [-0.2, -0.15) is 13.2 Å². The summed E-state index contributed by atoms with van der Waals surface area (Å²) in [5, 5.41) is 9.69. The van der Waals surface area contributed by atoms with E-state index in [1.54, 1.807) is 19.2 Å². The van der Waals surface area contributed by atoms with E-state index >= 15 is 0 Å². The van der Waals surface area contributed by atoms with E-state index in [2.05, 4.69) is 11.9 Å². The van der Waals surface area contributed by atoms with Crippen molar-refractivity contribution in [3.05, 3.63) is 83.4 Å². The summed E-state index contributed by atoms with van der Waals surface area (Å²) in [5.74, 6) is 0.135. The fraction of sp³-hybridized carbons (Fsp3) is 0.367. The van der Waals surface area contributed by atoms with Gasteiger partial charge < -0.3 is 10.8 Å². The van der Waals surface area contributed by atoms with Crippen LogP contribution >= 0.6 is 0 Å². The van der Waals surface area contributed by atoms with Gasteiger partial charge in [0.05, 0.1) is 11.0 Å². The van der Waals surface area contributed by atoms with Crippen LogP contribution in [0.3, 0.4) is 0 Å². The van der Waals surface area contributed by atoms with Gasteiger partial charge in [0.2, 0.25) is 0 Å². The highest BCUT2D eigenvalue weighted by atomic mass is 19.4. The number of alkyl halides is 3. The van der Waals surface area contributed by atoms with Crippen LogP contribution < -0.4 is 5.73 Å². The van der Waals surface area contributed by atoms with Gasteiger partial charge in [0.15, 0.2) is 0 Å². The molecular weight excluding hydrogens is 505 g/mol. The summed E-state index contributed by atoms with van der Waals surface area (Å²) in [6.45, 7) is 5.79. The maximum atomic E-state index is 13.2. The molecule has 1 saturated carbocycles. The van der Waals surface area contributed by atoms with E-state index in [4.69, 9.17) is 10.7 Å². The molecule has 0 bridgehead atoms. The van der Waals surface area contributed by atoms with Gasteiger partial charge >= 0.3 is 12.1 Å². The number of aliphatic carboxylic acids is 1. The summed E-state index contributed by atoms with van der Waals surface area (Å²) in [5.41, 5.74) is 8.19. The first kappa shape index (κ1) is 26.7. The molecule has 0 aliphatic heterocycles. The first-order chi connectivity index (χ1) is 18.3. The van der Waals surface area contributed by atoms with E-state index in [1.807, 2.05) is 41.8 Å². The molecule has 204 valence electrons. The first-order valence-corrected chi connectivity index (χ1v) is 13.0. The van der Waals surface area contributed by atoms with Crippen LogP contribution in [0.5, 0.6) is 0 Å². The average molecular weight is 537 g/mol. The van der Waals surface area contributed by atoms with Crippen molar-refractivity contribution in [1.29, 1.82) is 0 Å². The number of carboxylic acids is 1. The molecule has 0 amide bonds. The highest BCUT2D eigenvalue weighted by Gasteiger charge is 2.45. The molecule has 1 fully saturated rings. The molecule has 2 aromatic carbocycles. The lowest BCUT2D eigenvalue weighted by molar-refractivity contribution is -0.150. The average Bonchev–Trinajstić information content (AvgIpc) is 3.32. The topological polar surface area (TPSA) is 93.5 Å². The minimum Gasteiger partial charge on any atom is -0.481 e. The molecule has 1 aliphatic carbocycles. The second-order valence-corrected chi connectivity index (χ2v) is 11.2. The standard InChI is InChI=1S/C30H31F3N4O2/c1-18(21-5-4-6-22(17-21)30(31,32)33)19-7-9-20(10-8-19)23-24-25(34)35-15-16-37(24)26(36-23)28(2)11-13-29(3,14-12-28)27(38)39/h4-10,15-18H,11-14H2,1-3H3,(H2,34,35)(H,38,39). The van der Waals surface area contributed by atoms with Crippen molar-refractivity contribution >= 4 is 17.3 Å². The Morgan fingerprint density at radius 2 is 1.72 bits per heavy atom. The predicted octanol–water partition coefficient (Wildman–Crippen LogP) is 7.07. The first-order valence-electron chi connectivity index (χ1n) is 13.0. The number of fused-ring (bicyclic) bond motifs is 1. The molecule has 0 spiro atoms. The molecule has 0 saturated heterocycles. The van der Waals surface area contributed by atoms with Crippen molar-refractivity contribution in [2.24, 2.45) is 5.41 Å². The van der Waals surface area contributed by atoms with Crippen molar-refractivity contribution in [2.45, 2.75) is 64.0 Å². The third-order valence-electron chi connectivity index (χ3n) is 8.49. The summed E-state index contributed by atoms with van der Waals surface area (Å²) < 4.78 is 41.6. The SMILES string of the molecule is CC(c1ccc(-c2nc(C3(C)CCC(C)(C(=O)O)CC3)n3ccnc(N)c23)cc1)c1cccc(C(F)(F)F)c1. The fourth-order valence-electron chi connectivity index (χ4n) is 5.59. The number of nitrogens with two attached hydrogens (primary N) is 1. The molecule has 1 atom stereocenters. The molecule has 1 aliphatic rings. The number of hydrogen-bond acceptors (Lipinski definition) is 4. The second-order valence-electron chi connectivity index (χ2n) is 11.2. The molecule has 4 aromatic rings. The van der Waals surface area contributed by atoms with Crippen molar-refractivity contribution < 1.29 is 23.1 Å². The molecule has 39 heavy (non-hydrogen) atoms. The van der Waals surface area contributed by atoms with Gasteiger partial charge in [0, 0.05) is 29.3 Å². The zero-order valence-electron chi connectivity index (χ0n) is 22.1. The number of nitrogens with zero attached hydrogens (tertiary/aromatic N) is 3. The van der Waals surface area contributed by atoms with Crippen LogP contribution in [-0.4, -0.2) is 25.4 Å². The number of hydrogen-bond donors (Lipinski definition) is 2. The Morgan fingerprint density at radius 3 is 2.33 bits per heavy atom. The maximum absolute atomic E-state index is 13.2. The largest absolute Gasteiger partial charge is 0.481 e. The van der Waals surface area contributed by atoms with Crippen LogP contribution in [0.1, 0.15) is 74.9 Å². The van der Waals surface area contributed by atoms with Crippen LogP contribution in [-0.2, 0) is 16.4 Å². The van der Waals surface area contributed by atoms with Gasteiger partial charge in [-0.25, -0.2) is 9.97 Å². The highest BCUT2D eigenvalue weighted by Crippen LogP contribution is 2.47. The van der Waals surface area contributed by atoms with E-state index in [-0.39, 0.29) is 11.3 Å². The zero-order valence-corrected chi connectivity index (χ0v) is 22.1. The number of rotatable bonds is 5. The Kier molecular flexibility index (Phi) is 6.44. The summed E-state index contributed by atoms with van der Waals surface area (Å²) in [6.07, 6.45) is 1.50. The summed E-state index contributed by atoms with van der Waals surface area (Å²) in [7, 11) is 0. The summed E-state index contributed by atoms with van der Waals surface area (Å²) >= 11 is 0. The van der Waals surface area contributed by atoms with Crippen LogP contribution in [0.4, 0.5) is 19.0 Å². The van der Waals surface area contributed by atoms with Gasteiger partial charge in [0.1, 0.15) is 22.9 Å². The molecule has 9 heteroatoms. The van der Waals surface area contributed by atoms with E-state index in [0.717, 1.165) is 23.0 Å². The van der Waals surface area contributed by atoms with Gasteiger partial charge in [-0.3, -0.25) is 9.20 Å². The summed E-state index contributed by atoms with van der Waals surface area (Å²) in [4.78, 5) is 21.1. The van der Waals surface area contributed by atoms with Crippen molar-refractivity contribution in [3.8, 4) is 11.3 Å². The number of halogens is 3. The fourth-order valence-corrected chi connectivity index (χ4v) is 5.59. The van der Waals surface area contributed by atoms with E-state index in [0.29, 0.717) is 48.3 Å². The minimum absolute atomic E-state index is 0.243. The minimum atomic E-state index is -4.39. The van der Waals surface area contributed by atoms with Crippen LogP contribution in [0.15, 0.2) is 60.9 Å². The van der Waals surface area contributed by atoms with Gasteiger partial charge in [-0.15, -0.1) is 0 Å². The highest BCUT2D eigenvalue weighted by molar-refractivity contribution is 5.85. The van der Waals surface area contributed by atoms with E-state index in [1.165, 1.54) is 12.1 Å². The lowest BCUT2D eigenvalue weighted by atomic mass is 9.65. The number of carbonyl (C=O) groups is 1. The molecular formula is C30H31F3N4O2. The van der Waals surface area contributed by atoms with Crippen molar-refractivity contribution in [3.63, 3.8) is 0 Å². The van der Waals surface area contributed by atoms with Crippen LogP contribution in [0.2, 0.25) is 0 Å². The number of anilines is 1. The smallest absolute Gasteiger partial charge is 0.416 e. The lowest BCUT2D eigenvalue weighted by Crippen LogP contribution is -2.39. The Morgan fingerprint density at radius 1 is 1.05 bits per heavy atom. The van der Waals surface area contributed by atoms with Gasteiger partial charge in [-0.05, 0) is 49.8 Å². The number of carboxylic acid groups (broad SMARTS) is 1. The molecule has 1 unspecified atom stereocenters. The van der Waals surface area contributed by atoms with Crippen molar-refractivity contribution in [1.82, 2.24) is 14.4 Å². The quantitative estimate of drug-likeness (QED) is 0.285. The van der Waals surface area contributed by atoms with Gasteiger partial charge in [-0.1, -0.05) is 56.3 Å². The Labute approximate surface area is 224 Å². The molecule has 6 nitrogen and oxygen atoms in total. The van der Waals surface area contributed by atoms with Crippen molar-refractivity contribution in [2.75, 3.05) is 5.73 Å². The normalized spacial score (nSPS) is 22.6. The third-order valence-corrected chi connectivity index (χ3v) is 8.49. The van der Waals surface area contributed by atoms with Crippen LogP contribution in [0.25, 0.3) is 16.8 Å². The van der Waals surface area contributed by atoms with Gasteiger partial charge in [0.25, 0.3) is 0 Å². The Balaban J connectivity index is 1.50. The number of imidazole rings is 1. The second kappa shape index (κ2) is 9.39. The lowest BCUT2D eigenvalue weighted by Gasteiger charge is -2.40. The third kappa shape index (κ3) is 4.75. The monoisotopic (exact) mass is 536 g/mol. The molecule has 2 aromatic heterocycles. The molecule has 5 rings (SSSR count). The Bertz CT molecular complexity index is 1530. The maximum Gasteiger partial charge on any atom is 0.416 e.